The molecule has 0 radical (unpaired) electrons. The first kappa shape index (κ1) is 32.2. The molecule has 1 aromatic heterocycles. The van der Waals surface area contributed by atoms with Crippen molar-refractivity contribution in [3.05, 3.63) is 95.4 Å². The summed E-state index contributed by atoms with van der Waals surface area (Å²) in [7, 11) is 0. The van der Waals surface area contributed by atoms with E-state index in [4.69, 9.17) is 4.74 Å². The Morgan fingerprint density at radius 1 is 0.932 bits per heavy atom. The molecule has 2 amide bonds. The molecule has 1 aliphatic heterocycles. The van der Waals surface area contributed by atoms with Crippen LogP contribution in [-0.4, -0.2) is 42.4 Å². The van der Waals surface area contributed by atoms with E-state index in [1.54, 1.807) is 0 Å². The molecule has 7 nitrogen and oxygen atoms in total. The summed E-state index contributed by atoms with van der Waals surface area (Å²) in [4.78, 5) is 30.0. The Hall–Kier alpha value is -4.69. The molecule has 2 aromatic carbocycles. The number of rotatable bonds is 10. The number of halogens is 8. The number of nitrogens with one attached hydrogen (secondary N) is 2. The van der Waals surface area contributed by atoms with Crippen molar-refractivity contribution in [3.8, 4) is 11.5 Å². The molecule has 234 valence electrons. The average Bonchev–Trinajstić information content (AvgIpc) is 2.96. The van der Waals surface area contributed by atoms with Crippen molar-refractivity contribution in [2.24, 2.45) is 0 Å². The van der Waals surface area contributed by atoms with Gasteiger partial charge in [0.15, 0.2) is 5.54 Å². The van der Waals surface area contributed by atoms with Crippen LogP contribution in [0.4, 0.5) is 35.1 Å². The molecule has 15 heteroatoms. The highest BCUT2D eigenvalue weighted by atomic mass is 19.4. The molecular weight excluding hydrogens is 606 g/mol. The molecule has 1 aliphatic rings. The van der Waals surface area contributed by atoms with E-state index < -0.39 is 60.4 Å². The number of alkyl halides is 8. The van der Waals surface area contributed by atoms with E-state index >= 15 is 0 Å². The molecule has 0 spiro atoms. The van der Waals surface area contributed by atoms with Gasteiger partial charge in [-0.2, -0.15) is 35.1 Å². The van der Waals surface area contributed by atoms with Crippen molar-refractivity contribution in [1.29, 1.82) is 0 Å². The maximum atomic E-state index is 14.9. The molecule has 1 unspecified atom stereocenters. The SMILES string of the molecule is O=C1NC(c2ccc(OCCCC(F)(F)F)cc2)(C(F)(F)F)CC(c2ccc(OC(F)F)cc2)=C1NC(=O)c1ccncc1. The predicted octanol–water partition coefficient (Wildman–Crippen LogP) is 6.52. The van der Waals surface area contributed by atoms with E-state index in [-0.39, 0.29) is 41.2 Å². The van der Waals surface area contributed by atoms with Crippen molar-refractivity contribution >= 4 is 17.4 Å². The summed E-state index contributed by atoms with van der Waals surface area (Å²) in [6.07, 6.45) is -9.30. The third-order valence-electron chi connectivity index (χ3n) is 6.61. The van der Waals surface area contributed by atoms with Crippen molar-refractivity contribution in [1.82, 2.24) is 15.6 Å². The van der Waals surface area contributed by atoms with Crippen molar-refractivity contribution in [3.63, 3.8) is 0 Å². The van der Waals surface area contributed by atoms with Gasteiger partial charge >= 0.3 is 19.0 Å². The van der Waals surface area contributed by atoms with Crippen LogP contribution in [0.15, 0.2) is 78.8 Å². The van der Waals surface area contributed by atoms with Gasteiger partial charge in [-0.3, -0.25) is 14.6 Å². The smallest absolute Gasteiger partial charge is 0.416 e. The first-order chi connectivity index (χ1) is 20.7. The van der Waals surface area contributed by atoms with Gasteiger partial charge in [-0.25, -0.2) is 0 Å². The van der Waals surface area contributed by atoms with E-state index in [9.17, 15) is 44.7 Å². The quantitative estimate of drug-likeness (QED) is 0.197. The summed E-state index contributed by atoms with van der Waals surface area (Å²) in [5.74, 6) is -2.39. The number of amides is 2. The lowest BCUT2D eigenvalue weighted by Gasteiger charge is -2.41. The lowest BCUT2D eigenvalue weighted by atomic mass is 9.77. The Kier molecular flexibility index (Phi) is 9.44. The molecule has 0 saturated heterocycles. The molecule has 2 heterocycles. The van der Waals surface area contributed by atoms with Gasteiger partial charge in [0.05, 0.1) is 6.61 Å². The molecule has 0 bridgehead atoms. The highest BCUT2D eigenvalue weighted by Crippen LogP contribution is 2.48. The molecule has 2 N–H and O–H groups in total. The summed E-state index contributed by atoms with van der Waals surface area (Å²) >= 11 is 0. The van der Waals surface area contributed by atoms with Gasteiger partial charge in [-0.1, -0.05) is 24.3 Å². The number of carbonyl (C=O) groups is 2. The molecule has 44 heavy (non-hydrogen) atoms. The minimum atomic E-state index is -5.11. The summed E-state index contributed by atoms with van der Waals surface area (Å²) in [5.41, 5.74) is -4.17. The van der Waals surface area contributed by atoms with Crippen LogP contribution >= 0.6 is 0 Å². The number of ether oxygens (including phenoxy) is 2. The van der Waals surface area contributed by atoms with Gasteiger partial charge in [-0.05, 0) is 59.5 Å². The van der Waals surface area contributed by atoms with Gasteiger partial charge in [0, 0.05) is 30.8 Å². The van der Waals surface area contributed by atoms with E-state index in [1.807, 2.05) is 5.32 Å². The minimum Gasteiger partial charge on any atom is -0.494 e. The monoisotopic (exact) mass is 629 g/mol. The first-order valence-corrected chi connectivity index (χ1v) is 12.9. The van der Waals surface area contributed by atoms with E-state index in [2.05, 4.69) is 15.0 Å². The number of nitrogens with zero attached hydrogens (tertiary/aromatic N) is 1. The Balaban J connectivity index is 1.72. The van der Waals surface area contributed by atoms with E-state index in [0.29, 0.717) is 0 Å². The molecule has 3 aromatic rings. The summed E-state index contributed by atoms with van der Waals surface area (Å²) in [6.45, 7) is -3.50. The molecule has 0 saturated carbocycles. The standard InChI is InChI=1S/C29H23F8N3O4/c30-26(31)44-21-6-2-17(3-7-21)22-16-27(29(35,36)37,19-4-8-20(9-5-19)43-15-1-12-28(32,33)34)40-25(42)23(22)39-24(41)18-10-13-38-14-11-18/h2-11,13-14,26H,1,12,15-16H2,(H,39,41)(H,40,42). The average molecular weight is 630 g/mol. The number of aromatic nitrogens is 1. The second-order valence-corrected chi connectivity index (χ2v) is 9.57. The molecule has 4 rings (SSSR count). The van der Waals surface area contributed by atoms with Gasteiger partial charge in [0.25, 0.3) is 11.8 Å². The van der Waals surface area contributed by atoms with Gasteiger partial charge in [0.2, 0.25) is 0 Å². The van der Waals surface area contributed by atoms with Crippen LogP contribution in [0.1, 0.15) is 40.7 Å². The van der Waals surface area contributed by atoms with Gasteiger partial charge in [0.1, 0.15) is 17.2 Å². The topological polar surface area (TPSA) is 89.5 Å². The summed E-state index contributed by atoms with van der Waals surface area (Å²) in [5, 5.41) is 4.33. The van der Waals surface area contributed by atoms with Crippen molar-refractivity contribution in [2.45, 2.75) is 43.8 Å². The van der Waals surface area contributed by atoms with Crippen LogP contribution in [-0.2, 0) is 10.3 Å². The molecule has 1 atom stereocenters. The van der Waals surface area contributed by atoms with Crippen LogP contribution in [0.3, 0.4) is 0 Å². The maximum Gasteiger partial charge on any atom is 0.416 e. The molecule has 0 fully saturated rings. The third-order valence-corrected chi connectivity index (χ3v) is 6.61. The van der Waals surface area contributed by atoms with E-state index in [0.717, 1.165) is 36.4 Å². The highest BCUT2D eigenvalue weighted by molar-refractivity contribution is 6.09. The predicted molar refractivity (Wildman–Crippen MR) is 139 cm³/mol. The lowest BCUT2D eigenvalue weighted by molar-refractivity contribution is -0.201. The van der Waals surface area contributed by atoms with Gasteiger partial charge in [-0.15, -0.1) is 0 Å². The Morgan fingerprint density at radius 3 is 2.11 bits per heavy atom. The zero-order valence-corrected chi connectivity index (χ0v) is 22.4. The van der Waals surface area contributed by atoms with E-state index in [1.165, 1.54) is 36.7 Å². The normalized spacial score (nSPS) is 17.3. The number of benzene rings is 2. The van der Waals surface area contributed by atoms with Crippen LogP contribution in [0.2, 0.25) is 0 Å². The third kappa shape index (κ3) is 7.63. The van der Waals surface area contributed by atoms with Crippen molar-refractivity contribution < 1.29 is 54.2 Å². The Bertz CT molecular complexity index is 1490. The molecular formula is C29H23F8N3O4. The first-order valence-electron chi connectivity index (χ1n) is 12.9. The number of hydrogen-bond acceptors (Lipinski definition) is 5. The highest BCUT2D eigenvalue weighted by Gasteiger charge is 2.59. The van der Waals surface area contributed by atoms with Crippen LogP contribution in [0, 0.1) is 0 Å². The van der Waals surface area contributed by atoms with Crippen LogP contribution in [0.25, 0.3) is 5.57 Å². The minimum absolute atomic E-state index is 0.00439. The second kappa shape index (κ2) is 12.9. The van der Waals surface area contributed by atoms with Crippen molar-refractivity contribution in [2.75, 3.05) is 6.61 Å². The fraction of sp³-hybridized carbons (Fsp3) is 0.276. The Morgan fingerprint density at radius 2 is 1.55 bits per heavy atom. The second-order valence-electron chi connectivity index (χ2n) is 9.57. The number of pyridine rings is 1. The Labute approximate surface area is 244 Å². The fourth-order valence-electron chi connectivity index (χ4n) is 4.50. The maximum absolute atomic E-state index is 14.9. The fourth-order valence-corrected chi connectivity index (χ4v) is 4.50. The molecule has 0 aliphatic carbocycles. The summed E-state index contributed by atoms with van der Waals surface area (Å²) < 4.78 is 117. The lowest BCUT2D eigenvalue weighted by Crippen LogP contribution is -2.60. The number of carbonyl (C=O) groups excluding carboxylic acids is 2. The summed E-state index contributed by atoms with van der Waals surface area (Å²) in [6, 6.07) is 11.4. The van der Waals surface area contributed by atoms with Crippen LogP contribution in [0.5, 0.6) is 11.5 Å². The van der Waals surface area contributed by atoms with Crippen LogP contribution < -0.4 is 20.1 Å². The largest absolute Gasteiger partial charge is 0.494 e. The zero-order valence-electron chi connectivity index (χ0n) is 22.4. The van der Waals surface area contributed by atoms with Gasteiger partial charge < -0.3 is 20.1 Å². The zero-order chi connectivity index (χ0) is 32.1. The number of hydrogen-bond donors (Lipinski definition) is 2.